The smallest absolute Gasteiger partial charge is 0.252 e. The summed E-state index contributed by atoms with van der Waals surface area (Å²) in [6, 6.07) is 5.96. The van der Waals surface area contributed by atoms with Gasteiger partial charge in [0.25, 0.3) is 5.91 Å². The first-order valence-corrected chi connectivity index (χ1v) is 6.28. The Bertz CT molecular complexity index is 388. The van der Waals surface area contributed by atoms with E-state index < -0.39 is 0 Å². The highest BCUT2D eigenvalue weighted by Gasteiger charge is 2.14. The summed E-state index contributed by atoms with van der Waals surface area (Å²) in [4.78, 5) is 12.0. The summed E-state index contributed by atoms with van der Waals surface area (Å²) in [6.45, 7) is 8.19. The monoisotopic (exact) mass is 283 g/mol. The lowest BCUT2D eigenvalue weighted by Gasteiger charge is -2.18. The standard InChI is InChI=1S/C13H18BrNO/c1-8(2)10(4)15-13(16)11-7-9(3)5-6-12(11)14/h5-8,10H,1-4H3,(H,15,16). The molecule has 0 fully saturated rings. The van der Waals surface area contributed by atoms with Crippen molar-refractivity contribution in [1.82, 2.24) is 5.32 Å². The van der Waals surface area contributed by atoms with Gasteiger partial charge < -0.3 is 5.32 Å². The number of hydrogen-bond donors (Lipinski definition) is 1. The second-order valence-corrected chi connectivity index (χ2v) is 5.34. The molecule has 1 aromatic rings. The van der Waals surface area contributed by atoms with Crippen molar-refractivity contribution in [3.8, 4) is 0 Å². The van der Waals surface area contributed by atoms with Crippen LogP contribution < -0.4 is 5.32 Å². The number of carbonyl (C=O) groups is 1. The lowest BCUT2D eigenvalue weighted by Crippen LogP contribution is -2.36. The fourth-order valence-corrected chi connectivity index (χ4v) is 1.69. The van der Waals surface area contributed by atoms with E-state index in [1.54, 1.807) is 0 Å². The van der Waals surface area contributed by atoms with Crippen molar-refractivity contribution in [3.05, 3.63) is 33.8 Å². The minimum absolute atomic E-state index is 0.0169. The molecule has 1 unspecified atom stereocenters. The van der Waals surface area contributed by atoms with Crippen molar-refractivity contribution >= 4 is 21.8 Å². The Morgan fingerprint density at radius 3 is 2.50 bits per heavy atom. The third-order valence-electron chi connectivity index (χ3n) is 2.73. The van der Waals surface area contributed by atoms with Crippen molar-refractivity contribution in [2.75, 3.05) is 0 Å². The Hall–Kier alpha value is -0.830. The summed E-state index contributed by atoms with van der Waals surface area (Å²) < 4.78 is 0.839. The number of rotatable bonds is 3. The highest BCUT2D eigenvalue weighted by atomic mass is 79.9. The molecule has 88 valence electrons. The molecule has 1 aromatic carbocycles. The normalized spacial score (nSPS) is 12.6. The fraction of sp³-hybridized carbons (Fsp3) is 0.462. The lowest BCUT2D eigenvalue weighted by atomic mass is 10.1. The van der Waals surface area contributed by atoms with Gasteiger partial charge in [0.05, 0.1) is 5.56 Å². The van der Waals surface area contributed by atoms with Gasteiger partial charge in [0.1, 0.15) is 0 Å². The van der Waals surface area contributed by atoms with E-state index in [0.717, 1.165) is 10.0 Å². The number of aryl methyl sites for hydroxylation is 1. The molecule has 0 radical (unpaired) electrons. The van der Waals surface area contributed by atoms with Crippen LogP contribution in [0.5, 0.6) is 0 Å². The van der Waals surface area contributed by atoms with E-state index in [2.05, 4.69) is 35.1 Å². The Morgan fingerprint density at radius 1 is 1.31 bits per heavy atom. The van der Waals surface area contributed by atoms with Gasteiger partial charge in [-0.1, -0.05) is 25.5 Å². The van der Waals surface area contributed by atoms with Crippen molar-refractivity contribution in [3.63, 3.8) is 0 Å². The SMILES string of the molecule is Cc1ccc(Br)c(C(=O)NC(C)C(C)C)c1. The molecule has 1 N–H and O–H groups in total. The Balaban J connectivity index is 2.84. The van der Waals surface area contributed by atoms with Crippen LogP contribution in [0.25, 0.3) is 0 Å². The molecular weight excluding hydrogens is 266 g/mol. The minimum atomic E-state index is -0.0169. The molecule has 0 saturated heterocycles. The van der Waals surface area contributed by atoms with E-state index in [4.69, 9.17) is 0 Å². The average Bonchev–Trinajstić information content (AvgIpc) is 2.21. The molecule has 0 bridgehead atoms. The summed E-state index contributed by atoms with van der Waals surface area (Å²) in [7, 11) is 0. The van der Waals surface area contributed by atoms with E-state index in [-0.39, 0.29) is 11.9 Å². The lowest BCUT2D eigenvalue weighted by molar-refractivity contribution is 0.0929. The van der Waals surface area contributed by atoms with Crippen LogP contribution in [0.3, 0.4) is 0 Å². The highest BCUT2D eigenvalue weighted by Crippen LogP contribution is 2.18. The predicted molar refractivity (Wildman–Crippen MR) is 70.6 cm³/mol. The quantitative estimate of drug-likeness (QED) is 0.903. The molecule has 1 amide bonds. The number of carbonyl (C=O) groups excluding carboxylic acids is 1. The van der Waals surface area contributed by atoms with Crippen molar-refractivity contribution in [2.24, 2.45) is 5.92 Å². The molecule has 3 heteroatoms. The van der Waals surface area contributed by atoms with Crippen LogP contribution in [0.15, 0.2) is 22.7 Å². The molecule has 16 heavy (non-hydrogen) atoms. The van der Waals surface area contributed by atoms with E-state index in [1.807, 2.05) is 32.0 Å². The maximum atomic E-state index is 12.0. The van der Waals surface area contributed by atoms with Crippen LogP contribution in [-0.2, 0) is 0 Å². The van der Waals surface area contributed by atoms with Crippen LogP contribution in [0, 0.1) is 12.8 Å². The number of benzene rings is 1. The predicted octanol–water partition coefficient (Wildman–Crippen LogP) is 3.53. The molecule has 1 rings (SSSR count). The molecule has 0 heterocycles. The van der Waals surface area contributed by atoms with Crippen molar-refractivity contribution < 1.29 is 4.79 Å². The van der Waals surface area contributed by atoms with E-state index in [9.17, 15) is 4.79 Å². The maximum absolute atomic E-state index is 12.0. The van der Waals surface area contributed by atoms with Crippen LogP contribution in [0.1, 0.15) is 36.7 Å². The zero-order valence-electron chi connectivity index (χ0n) is 10.2. The van der Waals surface area contributed by atoms with Gasteiger partial charge in [0, 0.05) is 10.5 Å². The number of nitrogens with one attached hydrogen (secondary N) is 1. The fourth-order valence-electron chi connectivity index (χ4n) is 1.26. The molecule has 0 aliphatic heterocycles. The van der Waals surface area contributed by atoms with Gasteiger partial charge in [0.2, 0.25) is 0 Å². The molecule has 0 aliphatic carbocycles. The minimum Gasteiger partial charge on any atom is -0.349 e. The zero-order chi connectivity index (χ0) is 12.3. The van der Waals surface area contributed by atoms with E-state index in [1.165, 1.54) is 0 Å². The number of halogens is 1. The van der Waals surface area contributed by atoms with Crippen molar-refractivity contribution in [2.45, 2.75) is 33.7 Å². The molecule has 0 spiro atoms. The number of hydrogen-bond acceptors (Lipinski definition) is 1. The summed E-state index contributed by atoms with van der Waals surface area (Å²) in [5, 5.41) is 2.99. The van der Waals surface area contributed by atoms with Gasteiger partial charge in [-0.15, -0.1) is 0 Å². The van der Waals surface area contributed by atoms with Gasteiger partial charge in [-0.25, -0.2) is 0 Å². The second-order valence-electron chi connectivity index (χ2n) is 4.49. The molecule has 0 aromatic heterocycles. The summed E-state index contributed by atoms with van der Waals surface area (Å²) in [6.07, 6.45) is 0. The van der Waals surface area contributed by atoms with Crippen LogP contribution in [0.2, 0.25) is 0 Å². The van der Waals surface area contributed by atoms with E-state index >= 15 is 0 Å². The summed E-state index contributed by atoms with van der Waals surface area (Å²) in [5.74, 6) is 0.421. The Kier molecular flexibility index (Phi) is 4.54. The maximum Gasteiger partial charge on any atom is 0.252 e. The third kappa shape index (κ3) is 3.34. The first-order chi connectivity index (χ1) is 7.41. The largest absolute Gasteiger partial charge is 0.349 e. The zero-order valence-corrected chi connectivity index (χ0v) is 11.8. The highest BCUT2D eigenvalue weighted by molar-refractivity contribution is 9.10. The van der Waals surface area contributed by atoms with Crippen molar-refractivity contribution in [1.29, 1.82) is 0 Å². The third-order valence-corrected chi connectivity index (χ3v) is 3.42. The number of amides is 1. The molecule has 1 atom stereocenters. The van der Waals surface area contributed by atoms with Gasteiger partial charge in [-0.05, 0) is 47.8 Å². The van der Waals surface area contributed by atoms with E-state index in [0.29, 0.717) is 11.5 Å². The Morgan fingerprint density at radius 2 is 1.94 bits per heavy atom. The first-order valence-electron chi connectivity index (χ1n) is 5.49. The molecule has 0 saturated carbocycles. The van der Waals surface area contributed by atoms with Crippen LogP contribution in [-0.4, -0.2) is 11.9 Å². The molecule has 2 nitrogen and oxygen atoms in total. The van der Waals surface area contributed by atoms with Gasteiger partial charge >= 0.3 is 0 Å². The Labute approximate surface area is 106 Å². The summed E-state index contributed by atoms with van der Waals surface area (Å²) >= 11 is 3.40. The topological polar surface area (TPSA) is 29.1 Å². The molecule has 0 aliphatic rings. The van der Waals surface area contributed by atoms with Crippen LogP contribution in [0.4, 0.5) is 0 Å². The first kappa shape index (κ1) is 13.2. The second kappa shape index (κ2) is 5.48. The molecular formula is C13H18BrNO. The summed E-state index contributed by atoms with van der Waals surface area (Å²) in [5.41, 5.74) is 1.79. The van der Waals surface area contributed by atoms with Gasteiger partial charge in [-0.2, -0.15) is 0 Å². The van der Waals surface area contributed by atoms with Gasteiger partial charge in [0.15, 0.2) is 0 Å². The average molecular weight is 284 g/mol. The van der Waals surface area contributed by atoms with Crippen LogP contribution >= 0.6 is 15.9 Å². The van der Waals surface area contributed by atoms with Gasteiger partial charge in [-0.3, -0.25) is 4.79 Å².